The summed E-state index contributed by atoms with van der Waals surface area (Å²) in [6.45, 7) is 11.5. The summed E-state index contributed by atoms with van der Waals surface area (Å²) in [5.74, 6) is 0.875. The van der Waals surface area contributed by atoms with Gasteiger partial charge in [0.1, 0.15) is 13.2 Å². The molecule has 1 atom stereocenters. The zero-order valence-corrected chi connectivity index (χ0v) is 47.5. The lowest BCUT2D eigenvalue weighted by Gasteiger charge is -2.18. The minimum atomic E-state index is -0.763. The molecule has 0 heterocycles. The molecule has 0 aliphatic heterocycles. The maximum atomic E-state index is 12.8. The van der Waals surface area contributed by atoms with Crippen LogP contribution in [0.15, 0.2) is 0 Å². The van der Waals surface area contributed by atoms with Gasteiger partial charge in [0.2, 0.25) is 0 Å². The fourth-order valence-electron chi connectivity index (χ4n) is 9.76. The molecule has 0 amide bonds. The molecule has 0 rings (SSSR count). The second-order valence-electron chi connectivity index (χ2n) is 22.6. The predicted octanol–water partition coefficient (Wildman–Crippen LogP) is 20.8. The highest BCUT2D eigenvalue weighted by atomic mass is 16.6. The van der Waals surface area contributed by atoms with Crippen molar-refractivity contribution in [2.75, 3.05) is 13.2 Å². The minimum absolute atomic E-state index is 0.0620. The Morgan fingerprint density at radius 1 is 0.275 bits per heavy atom. The van der Waals surface area contributed by atoms with E-state index < -0.39 is 6.10 Å². The molecule has 410 valence electrons. The van der Waals surface area contributed by atoms with Crippen LogP contribution in [0.3, 0.4) is 0 Å². The predicted molar refractivity (Wildman–Crippen MR) is 298 cm³/mol. The minimum Gasteiger partial charge on any atom is -0.462 e. The molecule has 0 aliphatic carbocycles. The average molecular weight is 976 g/mol. The summed E-state index contributed by atoms with van der Waals surface area (Å²) in [5, 5.41) is 0. The van der Waals surface area contributed by atoms with Crippen molar-refractivity contribution >= 4 is 17.9 Å². The number of rotatable bonds is 57. The van der Waals surface area contributed by atoms with Crippen LogP contribution in [0, 0.1) is 11.8 Å². The monoisotopic (exact) mass is 975 g/mol. The van der Waals surface area contributed by atoms with E-state index >= 15 is 0 Å². The summed E-state index contributed by atoms with van der Waals surface area (Å²) in [5.41, 5.74) is 0. The molecule has 0 saturated carbocycles. The van der Waals surface area contributed by atoms with E-state index in [1.54, 1.807) is 0 Å². The van der Waals surface area contributed by atoms with E-state index in [2.05, 4.69) is 34.6 Å². The molecule has 0 radical (unpaired) electrons. The number of hydrogen-bond acceptors (Lipinski definition) is 6. The van der Waals surface area contributed by atoms with Gasteiger partial charge in [0, 0.05) is 19.3 Å². The fraction of sp³-hybridized carbons (Fsp3) is 0.952. The molecule has 0 N–H and O–H groups in total. The van der Waals surface area contributed by atoms with E-state index in [-0.39, 0.29) is 31.1 Å². The molecule has 0 spiro atoms. The van der Waals surface area contributed by atoms with Crippen molar-refractivity contribution in [1.82, 2.24) is 0 Å². The van der Waals surface area contributed by atoms with E-state index in [9.17, 15) is 14.4 Å². The Kier molecular flexibility index (Phi) is 54.4. The molecular formula is C63H122O6. The first-order valence-corrected chi connectivity index (χ1v) is 31.2. The number of hydrogen-bond donors (Lipinski definition) is 0. The van der Waals surface area contributed by atoms with Crippen LogP contribution in [0.25, 0.3) is 0 Å². The van der Waals surface area contributed by atoms with Crippen LogP contribution in [0.1, 0.15) is 356 Å². The van der Waals surface area contributed by atoms with E-state index in [0.717, 1.165) is 69.6 Å². The third-order valence-corrected chi connectivity index (χ3v) is 14.5. The van der Waals surface area contributed by atoms with Crippen LogP contribution in [-0.4, -0.2) is 37.2 Å². The van der Waals surface area contributed by atoms with Crippen LogP contribution in [-0.2, 0) is 28.6 Å². The van der Waals surface area contributed by atoms with Crippen LogP contribution in [0.5, 0.6) is 0 Å². The number of unbranched alkanes of at least 4 members (excludes halogenated alkanes) is 42. The highest BCUT2D eigenvalue weighted by Crippen LogP contribution is 2.19. The number of ether oxygens (including phenoxy) is 3. The first-order chi connectivity index (χ1) is 33.7. The first kappa shape index (κ1) is 67.4. The molecule has 0 aromatic carbocycles. The lowest BCUT2D eigenvalue weighted by molar-refractivity contribution is -0.167. The Labute approximate surface area is 431 Å². The summed E-state index contributed by atoms with van der Waals surface area (Å²) in [6.07, 6.45) is 61.0. The van der Waals surface area contributed by atoms with Gasteiger partial charge >= 0.3 is 17.9 Å². The van der Waals surface area contributed by atoms with Gasteiger partial charge < -0.3 is 14.2 Å². The summed E-state index contributed by atoms with van der Waals surface area (Å²) in [4.78, 5) is 38.2. The Balaban J connectivity index is 4.22. The quantitative estimate of drug-likeness (QED) is 0.0343. The van der Waals surface area contributed by atoms with Gasteiger partial charge in [0.15, 0.2) is 6.10 Å². The van der Waals surface area contributed by atoms with E-state index in [0.29, 0.717) is 19.3 Å². The lowest BCUT2D eigenvalue weighted by atomic mass is 10.0. The average Bonchev–Trinajstić information content (AvgIpc) is 3.32. The highest BCUT2D eigenvalue weighted by molar-refractivity contribution is 5.71. The Hall–Kier alpha value is -1.59. The molecule has 0 saturated heterocycles. The molecule has 0 aromatic heterocycles. The third-order valence-electron chi connectivity index (χ3n) is 14.5. The van der Waals surface area contributed by atoms with Crippen molar-refractivity contribution in [1.29, 1.82) is 0 Å². The number of carbonyl (C=O) groups excluding carboxylic acids is 3. The van der Waals surface area contributed by atoms with Crippen molar-refractivity contribution in [3.63, 3.8) is 0 Å². The molecule has 6 heteroatoms. The van der Waals surface area contributed by atoms with Gasteiger partial charge in [-0.05, 0) is 31.1 Å². The van der Waals surface area contributed by atoms with Crippen LogP contribution in [0.4, 0.5) is 0 Å². The standard InChI is InChI=1S/C63H122O6/c1-6-7-8-9-10-11-12-28-35-40-45-50-55-63(66)69-60(57-68-62(65)54-49-44-39-34-30-25-21-17-19-23-27-32-37-42-47-52-59(4)5)56-67-61(64)53-48-43-38-33-29-24-20-16-14-13-15-18-22-26-31-36-41-46-51-58(2)3/h58-60H,6-57H2,1-5H3/t60-/m1/s1. The van der Waals surface area contributed by atoms with Gasteiger partial charge in [-0.2, -0.15) is 0 Å². The van der Waals surface area contributed by atoms with Crippen LogP contribution < -0.4 is 0 Å². The lowest BCUT2D eigenvalue weighted by Crippen LogP contribution is -2.30. The van der Waals surface area contributed by atoms with Crippen molar-refractivity contribution in [2.24, 2.45) is 11.8 Å². The molecule has 0 aromatic rings. The smallest absolute Gasteiger partial charge is 0.306 e. The van der Waals surface area contributed by atoms with Gasteiger partial charge in [0.25, 0.3) is 0 Å². The maximum Gasteiger partial charge on any atom is 0.306 e. The zero-order valence-electron chi connectivity index (χ0n) is 47.5. The Bertz CT molecular complexity index is 1060. The second kappa shape index (κ2) is 55.7. The largest absolute Gasteiger partial charge is 0.462 e. The summed E-state index contributed by atoms with van der Waals surface area (Å²) in [6, 6.07) is 0. The molecule has 0 unspecified atom stereocenters. The van der Waals surface area contributed by atoms with Gasteiger partial charge in [0.05, 0.1) is 0 Å². The van der Waals surface area contributed by atoms with Crippen LogP contribution >= 0.6 is 0 Å². The second-order valence-corrected chi connectivity index (χ2v) is 22.6. The van der Waals surface area contributed by atoms with Gasteiger partial charge in [-0.1, -0.05) is 317 Å². The molecular weight excluding hydrogens is 853 g/mol. The third kappa shape index (κ3) is 57.2. The highest BCUT2D eigenvalue weighted by Gasteiger charge is 2.19. The Morgan fingerprint density at radius 3 is 0.710 bits per heavy atom. The molecule has 0 bridgehead atoms. The molecule has 0 fully saturated rings. The zero-order chi connectivity index (χ0) is 50.4. The van der Waals surface area contributed by atoms with E-state index in [4.69, 9.17) is 14.2 Å². The summed E-state index contributed by atoms with van der Waals surface area (Å²) >= 11 is 0. The topological polar surface area (TPSA) is 78.9 Å². The van der Waals surface area contributed by atoms with Gasteiger partial charge in [-0.15, -0.1) is 0 Å². The van der Waals surface area contributed by atoms with Gasteiger partial charge in [-0.25, -0.2) is 0 Å². The molecule has 6 nitrogen and oxygen atoms in total. The maximum absolute atomic E-state index is 12.8. The van der Waals surface area contributed by atoms with Crippen molar-refractivity contribution in [3.8, 4) is 0 Å². The normalized spacial score (nSPS) is 12.0. The van der Waals surface area contributed by atoms with Crippen molar-refractivity contribution in [3.05, 3.63) is 0 Å². The van der Waals surface area contributed by atoms with Gasteiger partial charge in [-0.3, -0.25) is 14.4 Å². The van der Waals surface area contributed by atoms with E-state index in [1.165, 1.54) is 244 Å². The Morgan fingerprint density at radius 2 is 0.478 bits per heavy atom. The SMILES string of the molecule is CCCCCCCCCCCCCCC(=O)O[C@H](COC(=O)CCCCCCCCCCCCCCCCCCCCC(C)C)COC(=O)CCCCCCCCCCCCCCCCCC(C)C. The molecule has 69 heavy (non-hydrogen) atoms. The number of esters is 3. The van der Waals surface area contributed by atoms with Crippen molar-refractivity contribution < 1.29 is 28.6 Å². The van der Waals surface area contributed by atoms with Crippen molar-refractivity contribution in [2.45, 2.75) is 362 Å². The molecule has 0 aliphatic rings. The van der Waals surface area contributed by atoms with E-state index in [1.807, 2.05) is 0 Å². The summed E-state index contributed by atoms with van der Waals surface area (Å²) in [7, 11) is 0. The van der Waals surface area contributed by atoms with Crippen LogP contribution in [0.2, 0.25) is 0 Å². The fourth-order valence-corrected chi connectivity index (χ4v) is 9.76. The summed E-state index contributed by atoms with van der Waals surface area (Å²) < 4.78 is 16.9. The number of carbonyl (C=O) groups is 3. The first-order valence-electron chi connectivity index (χ1n) is 31.2.